The summed E-state index contributed by atoms with van der Waals surface area (Å²) in [5, 5.41) is 3.20. The van der Waals surface area contributed by atoms with E-state index in [4.69, 9.17) is 9.97 Å². The fraction of sp³-hybridized carbons (Fsp3) is 0.615. The van der Waals surface area contributed by atoms with E-state index in [1.54, 1.807) is 6.20 Å². The molecule has 174 valence electrons. The average molecular weight is 438 g/mol. The third kappa shape index (κ3) is 6.27. The van der Waals surface area contributed by atoms with Crippen LogP contribution in [0.3, 0.4) is 0 Å². The van der Waals surface area contributed by atoms with Crippen molar-refractivity contribution in [2.75, 3.05) is 11.9 Å². The van der Waals surface area contributed by atoms with Crippen LogP contribution < -0.4 is 10.2 Å². The van der Waals surface area contributed by atoms with Crippen molar-refractivity contribution >= 4 is 11.7 Å². The van der Waals surface area contributed by atoms with Crippen molar-refractivity contribution in [1.82, 2.24) is 20.3 Å². The third-order valence-electron chi connectivity index (χ3n) is 5.81. The van der Waals surface area contributed by atoms with Gasteiger partial charge in [0.05, 0.1) is 0 Å². The van der Waals surface area contributed by atoms with Crippen LogP contribution in [0.1, 0.15) is 78.5 Å². The first kappa shape index (κ1) is 24.1. The summed E-state index contributed by atoms with van der Waals surface area (Å²) in [6.45, 7) is 12.8. The molecule has 0 saturated heterocycles. The Hall–Kier alpha value is -2.50. The number of pyridine rings is 1. The number of aryl methyl sites for hydroxylation is 1. The van der Waals surface area contributed by atoms with E-state index in [1.807, 2.05) is 46.0 Å². The predicted molar refractivity (Wildman–Crippen MR) is 131 cm³/mol. The molecule has 3 rings (SSSR count). The monoisotopic (exact) mass is 437 g/mol. The Morgan fingerprint density at radius 2 is 1.88 bits per heavy atom. The van der Waals surface area contributed by atoms with Gasteiger partial charge < -0.3 is 10.2 Å². The van der Waals surface area contributed by atoms with Crippen LogP contribution in [0, 0.1) is 5.41 Å². The Labute approximate surface area is 193 Å². The van der Waals surface area contributed by atoms with Crippen molar-refractivity contribution in [3.05, 3.63) is 35.7 Å². The van der Waals surface area contributed by atoms with E-state index in [9.17, 15) is 4.79 Å². The van der Waals surface area contributed by atoms with Crippen LogP contribution in [-0.4, -0.2) is 39.5 Å². The molecule has 6 heteroatoms. The molecule has 1 aliphatic rings. The van der Waals surface area contributed by atoms with Crippen LogP contribution in [-0.2, 0) is 17.6 Å². The van der Waals surface area contributed by atoms with Crippen molar-refractivity contribution in [3.8, 4) is 11.5 Å². The number of hydrogen-bond donors (Lipinski definition) is 1. The maximum atomic E-state index is 13.4. The normalized spacial score (nSPS) is 14.7. The van der Waals surface area contributed by atoms with Crippen LogP contribution in [0.5, 0.6) is 0 Å². The summed E-state index contributed by atoms with van der Waals surface area (Å²) in [6, 6.07) is 5.50. The van der Waals surface area contributed by atoms with E-state index >= 15 is 0 Å². The maximum absolute atomic E-state index is 13.4. The highest BCUT2D eigenvalue weighted by atomic mass is 16.2. The fourth-order valence-corrected chi connectivity index (χ4v) is 4.24. The van der Waals surface area contributed by atoms with Crippen LogP contribution >= 0.6 is 0 Å². The van der Waals surface area contributed by atoms with E-state index < -0.39 is 0 Å². The van der Waals surface area contributed by atoms with Crippen molar-refractivity contribution in [1.29, 1.82) is 0 Å². The van der Waals surface area contributed by atoms with Crippen molar-refractivity contribution in [2.24, 2.45) is 5.41 Å². The number of rotatable bonds is 7. The largest absolute Gasteiger partial charge is 0.350 e. The molecule has 0 saturated carbocycles. The SMILES string of the molecule is CN(c1nc(-c2ccccn2)nc2c1CCC2)[C@H](CCCC(C)(C)C)C(=O)NC(C)(C)C. The van der Waals surface area contributed by atoms with Crippen LogP contribution in [0.4, 0.5) is 5.82 Å². The summed E-state index contributed by atoms with van der Waals surface area (Å²) in [4.78, 5) is 29.7. The number of aromatic nitrogens is 3. The van der Waals surface area contributed by atoms with Crippen molar-refractivity contribution in [2.45, 2.75) is 91.6 Å². The molecule has 2 heterocycles. The van der Waals surface area contributed by atoms with Gasteiger partial charge in [0.1, 0.15) is 17.6 Å². The van der Waals surface area contributed by atoms with Gasteiger partial charge in [-0.05, 0) is 70.4 Å². The van der Waals surface area contributed by atoms with Gasteiger partial charge in [0.15, 0.2) is 5.82 Å². The number of hydrogen-bond acceptors (Lipinski definition) is 5. The molecule has 1 N–H and O–H groups in total. The highest BCUT2D eigenvalue weighted by Crippen LogP contribution is 2.32. The van der Waals surface area contributed by atoms with Gasteiger partial charge in [-0.3, -0.25) is 9.78 Å². The van der Waals surface area contributed by atoms with Gasteiger partial charge in [0.25, 0.3) is 0 Å². The Bertz CT molecular complexity index is 928. The predicted octanol–water partition coefficient (Wildman–Crippen LogP) is 4.96. The first-order chi connectivity index (χ1) is 14.9. The van der Waals surface area contributed by atoms with E-state index in [2.05, 4.69) is 36.0 Å². The summed E-state index contributed by atoms with van der Waals surface area (Å²) in [6.07, 6.45) is 7.57. The molecule has 0 spiro atoms. The van der Waals surface area contributed by atoms with Gasteiger partial charge >= 0.3 is 0 Å². The number of likely N-dealkylation sites (N-methyl/N-ethyl adjacent to an activating group) is 1. The minimum atomic E-state index is -0.285. The summed E-state index contributed by atoms with van der Waals surface area (Å²) < 4.78 is 0. The lowest BCUT2D eigenvalue weighted by atomic mass is 9.88. The smallest absolute Gasteiger partial charge is 0.243 e. The quantitative estimate of drug-likeness (QED) is 0.663. The number of amides is 1. The average Bonchev–Trinajstić information content (AvgIpc) is 3.17. The molecular weight excluding hydrogens is 398 g/mol. The van der Waals surface area contributed by atoms with Crippen LogP contribution in [0.25, 0.3) is 11.5 Å². The van der Waals surface area contributed by atoms with E-state index in [-0.39, 0.29) is 22.9 Å². The second kappa shape index (κ2) is 9.55. The fourth-order valence-electron chi connectivity index (χ4n) is 4.24. The second-order valence-electron chi connectivity index (χ2n) is 11.2. The van der Waals surface area contributed by atoms with E-state index in [1.165, 1.54) is 5.56 Å². The number of carbonyl (C=O) groups is 1. The lowest BCUT2D eigenvalue weighted by Crippen LogP contribution is -2.51. The minimum Gasteiger partial charge on any atom is -0.350 e. The lowest BCUT2D eigenvalue weighted by molar-refractivity contribution is -0.124. The molecule has 0 radical (unpaired) electrons. The standard InChI is InChI=1S/C26H39N5O/c1-25(2,3)16-11-15-21(24(32)30-26(4,5)6)31(7)23-18-12-10-14-19(18)28-22(29-23)20-13-8-9-17-27-20/h8-9,13,17,21H,10-12,14-16H2,1-7H3,(H,30,32)/t21-/m1/s1. The molecule has 0 fully saturated rings. The van der Waals surface area contributed by atoms with Crippen molar-refractivity contribution < 1.29 is 4.79 Å². The van der Waals surface area contributed by atoms with E-state index in [0.717, 1.165) is 55.7 Å². The summed E-state index contributed by atoms with van der Waals surface area (Å²) in [5.74, 6) is 1.56. The van der Waals surface area contributed by atoms with Gasteiger partial charge in [-0.2, -0.15) is 0 Å². The molecule has 0 unspecified atom stereocenters. The minimum absolute atomic E-state index is 0.0543. The molecule has 0 aromatic carbocycles. The number of anilines is 1. The van der Waals surface area contributed by atoms with E-state index in [0.29, 0.717) is 5.82 Å². The molecule has 2 aromatic heterocycles. The Kier molecular flexibility index (Phi) is 7.21. The molecule has 0 bridgehead atoms. The zero-order valence-electron chi connectivity index (χ0n) is 20.8. The van der Waals surface area contributed by atoms with Gasteiger partial charge in [0, 0.05) is 30.0 Å². The Balaban J connectivity index is 1.96. The van der Waals surface area contributed by atoms with Gasteiger partial charge in [-0.25, -0.2) is 9.97 Å². The summed E-state index contributed by atoms with van der Waals surface area (Å²) in [5.41, 5.74) is 2.99. The molecule has 1 aliphatic carbocycles. The van der Waals surface area contributed by atoms with Crippen LogP contribution in [0.15, 0.2) is 24.4 Å². The molecule has 1 atom stereocenters. The molecule has 1 amide bonds. The number of nitrogens with zero attached hydrogens (tertiary/aromatic N) is 4. The molecule has 0 aliphatic heterocycles. The molecular formula is C26H39N5O. The number of carbonyl (C=O) groups excluding carboxylic acids is 1. The van der Waals surface area contributed by atoms with Gasteiger partial charge in [0.2, 0.25) is 5.91 Å². The first-order valence-corrected chi connectivity index (χ1v) is 11.8. The lowest BCUT2D eigenvalue weighted by Gasteiger charge is -2.33. The second-order valence-corrected chi connectivity index (χ2v) is 11.2. The first-order valence-electron chi connectivity index (χ1n) is 11.8. The molecule has 32 heavy (non-hydrogen) atoms. The highest BCUT2D eigenvalue weighted by Gasteiger charge is 2.31. The number of nitrogens with one attached hydrogen (secondary N) is 1. The number of fused-ring (bicyclic) bond motifs is 1. The van der Waals surface area contributed by atoms with Gasteiger partial charge in [-0.15, -0.1) is 0 Å². The van der Waals surface area contributed by atoms with Crippen LogP contribution in [0.2, 0.25) is 0 Å². The highest BCUT2D eigenvalue weighted by molar-refractivity contribution is 5.85. The Morgan fingerprint density at radius 1 is 1.12 bits per heavy atom. The third-order valence-corrected chi connectivity index (χ3v) is 5.81. The van der Waals surface area contributed by atoms with Gasteiger partial charge in [-0.1, -0.05) is 33.3 Å². The molecule has 6 nitrogen and oxygen atoms in total. The summed E-state index contributed by atoms with van der Waals surface area (Å²) in [7, 11) is 2.01. The molecule has 2 aromatic rings. The Morgan fingerprint density at radius 3 is 2.50 bits per heavy atom. The van der Waals surface area contributed by atoms with Crippen molar-refractivity contribution in [3.63, 3.8) is 0 Å². The zero-order valence-corrected chi connectivity index (χ0v) is 20.8. The topological polar surface area (TPSA) is 71.0 Å². The zero-order chi connectivity index (χ0) is 23.5. The summed E-state index contributed by atoms with van der Waals surface area (Å²) >= 11 is 0. The maximum Gasteiger partial charge on any atom is 0.243 e.